The highest BCUT2D eigenvalue weighted by Crippen LogP contribution is 2.43. The first-order valence-corrected chi connectivity index (χ1v) is 4.96. The zero-order valence-electron chi connectivity index (χ0n) is 8.06. The standard InChI is InChI=1S/C10H21N/c1-4-5-11-7-9-6-10(9)8(2)3/h8-11H,4-7H2,1-3H3. The van der Waals surface area contributed by atoms with Gasteiger partial charge in [0.2, 0.25) is 0 Å². The third-order valence-corrected chi connectivity index (χ3v) is 2.67. The van der Waals surface area contributed by atoms with Crippen LogP contribution in [-0.4, -0.2) is 13.1 Å². The minimum atomic E-state index is 0.906. The molecule has 0 aromatic carbocycles. The molecule has 0 aliphatic heterocycles. The molecule has 1 N–H and O–H groups in total. The quantitative estimate of drug-likeness (QED) is 0.601. The van der Waals surface area contributed by atoms with Crippen LogP contribution in [0.15, 0.2) is 0 Å². The molecule has 0 saturated heterocycles. The summed E-state index contributed by atoms with van der Waals surface area (Å²) in [5, 5.41) is 3.48. The molecule has 66 valence electrons. The average molecular weight is 155 g/mol. The van der Waals surface area contributed by atoms with Gasteiger partial charge in [-0.1, -0.05) is 20.8 Å². The minimum absolute atomic E-state index is 0.906. The largest absolute Gasteiger partial charge is 0.316 e. The Labute approximate surface area is 70.6 Å². The fourth-order valence-corrected chi connectivity index (χ4v) is 1.79. The van der Waals surface area contributed by atoms with E-state index in [1.807, 2.05) is 0 Å². The Bertz CT molecular complexity index is 109. The predicted molar refractivity (Wildman–Crippen MR) is 49.6 cm³/mol. The molecule has 0 radical (unpaired) electrons. The van der Waals surface area contributed by atoms with E-state index in [0.717, 1.165) is 17.8 Å². The second-order valence-electron chi connectivity index (χ2n) is 4.11. The Morgan fingerprint density at radius 1 is 1.45 bits per heavy atom. The van der Waals surface area contributed by atoms with Crippen LogP contribution in [0.5, 0.6) is 0 Å². The van der Waals surface area contributed by atoms with Gasteiger partial charge in [0.05, 0.1) is 0 Å². The lowest BCUT2D eigenvalue weighted by Crippen LogP contribution is -2.18. The van der Waals surface area contributed by atoms with Crippen LogP contribution in [-0.2, 0) is 0 Å². The zero-order chi connectivity index (χ0) is 8.27. The first kappa shape index (κ1) is 9.05. The van der Waals surface area contributed by atoms with Gasteiger partial charge in [-0.05, 0) is 43.7 Å². The molecule has 1 fully saturated rings. The van der Waals surface area contributed by atoms with Crippen LogP contribution in [0.3, 0.4) is 0 Å². The Kier molecular flexibility index (Phi) is 3.38. The summed E-state index contributed by atoms with van der Waals surface area (Å²) >= 11 is 0. The molecule has 0 aromatic heterocycles. The molecule has 0 aromatic rings. The summed E-state index contributed by atoms with van der Waals surface area (Å²) in [6.45, 7) is 9.35. The third kappa shape index (κ3) is 2.82. The zero-order valence-corrected chi connectivity index (χ0v) is 8.06. The van der Waals surface area contributed by atoms with Crippen molar-refractivity contribution >= 4 is 0 Å². The van der Waals surface area contributed by atoms with E-state index >= 15 is 0 Å². The third-order valence-electron chi connectivity index (χ3n) is 2.67. The second kappa shape index (κ2) is 4.10. The smallest absolute Gasteiger partial charge is 0.00177 e. The lowest BCUT2D eigenvalue weighted by molar-refractivity contribution is 0.497. The van der Waals surface area contributed by atoms with Crippen LogP contribution in [0.1, 0.15) is 33.6 Å². The molecule has 0 heterocycles. The molecule has 1 saturated carbocycles. The van der Waals surface area contributed by atoms with Crippen molar-refractivity contribution in [3.8, 4) is 0 Å². The van der Waals surface area contributed by atoms with E-state index in [-0.39, 0.29) is 0 Å². The maximum atomic E-state index is 3.48. The number of nitrogens with one attached hydrogen (secondary N) is 1. The summed E-state index contributed by atoms with van der Waals surface area (Å²) in [5.74, 6) is 2.93. The monoisotopic (exact) mass is 155 g/mol. The highest BCUT2D eigenvalue weighted by Gasteiger charge is 2.38. The van der Waals surface area contributed by atoms with Gasteiger partial charge < -0.3 is 5.32 Å². The summed E-state index contributed by atoms with van der Waals surface area (Å²) in [6.07, 6.45) is 2.73. The molecule has 2 atom stereocenters. The minimum Gasteiger partial charge on any atom is -0.316 e. The van der Waals surface area contributed by atoms with Crippen LogP contribution in [0.25, 0.3) is 0 Å². The number of rotatable bonds is 5. The van der Waals surface area contributed by atoms with E-state index in [4.69, 9.17) is 0 Å². The highest BCUT2D eigenvalue weighted by molar-refractivity contribution is 4.89. The van der Waals surface area contributed by atoms with Crippen LogP contribution < -0.4 is 5.32 Å². The van der Waals surface area contributed by atoms with Gasteiger partial charge in [0.15, 0.2) is 0 Å². The highest BCUT2D eigenvalue weighted by atomic mass is 14.9. The van der Waals surface area contributed by atoms with Crippen LogP contribution in [0.2, 0.25) is 0 Å². The van der Waals surface area contributed by atoms with Crippen molar-refractivity contribution in [3.63, 3.8) is 0 Å². The van der Waals surface area contributed by atoms with Gasteiger partial charge in [0.1, 0.15) is 0 Å². The summed E-state index contributed by atoms with van der Waals surface area (Å²) < 4.78 is 0. The molecular formula is C10H21N. The van der Waals surface area contributed by atoms with Gasteiger partial charge >= 0.3 is 0 Å². The summed E-state index contributed by atoms with van der Waals surface area (Å²) in [7, 11) is 0. The van der Waals surface area contributed by atoms with Crippen LogP contribution >= 0.6 is 0 Å². The van der Waals surface area contributed by atoms with E-state index < -0.39 is 0 Å². The SMILES string of the molecule is CCCNCC1CC1C(C)C. The lowest BCUT2D eigenvalue weighted by atomic mass is 10.1. The van der Waals surface area contributed by atoms with E-state index in [1.54, 1.807) is 0 Å². The first-order valence-electron chi connectivity index (χ1n) is 4.96. The van der Waals surface area contributed by atoms with Crippen molar-refractivity contribution in [1.82, 2.24) is 5.32 Å². The van der Waals surface area contributed by atoms with E-state index in [9.17, 15) is 0 Å². The molecule has 1 nitrogen and oxygen atoms in total. The molecular weight excluding hydrogens is 134 g/mol. The average Bonchev–Trinajstić information content (AvgIpc) is 2.68. The van der Waals surface area contributed by atoms with Crippen molar-refractivity contribution in [1.29, 1.82) is 0 Å². The van der Waals surface area contributed by atoms with Gasteiger partial charge in [-0.3, -0.25) is 0 Å². The van der Waals surface area contributed by atoms with E-state index in [2.05, 4.69) is 26.1 Å². The Hall–Kier alpha value is -0.0400. The first-order chi connectivity index (χ1) is 5.25. The van der Waals surface area contributed by atoms with E-state index in [1.165, 1.54) is 25.9 Å². The lowest BCUT2D eigenvalue weighted by Gasteiger charge is -2.03. The van der Waals surface area contributed by atoms with Gasteiger partial charge in [-0.25, -0.2) is 0 Å². The predicted octanol–water partition coefficient (Wildman–Crippen LogP) is 2.28. The van der Waals surface area contributed by atoms with Crippen LogP contribution in [0, 0.1) is 17.8 Å². The van der Waals surface area contributed by atoms with Crippen LogP contribution in [0.4, 0.5) is 0 Å². The molecule has 0 bridgehead atoms. The fourth-order valence-electron chi connectivity index (χ4n) is 1.79. The molecule has 2 unspecified atom stereocenters. The molecule has 1 aliphatic carbocycles. The Morgan fingerprint density at radius 3 is 2.64 bits per heavy atom. The normalized spacial score (nSPS) is 29.5. The molecule has 0 spiro atoms. The number of hydrogen-bond donors (Lipinski definition) is 1. The van der Waals surface area contributed by atoms with Crippen molar-refractivity contribution in [2.75, 3.05) is 13.1 Å². The Balaban J connectivity index is 1.96. The second-order valence-corrected chi connectivity index (χ2v) is 4.11. The summed E-state index contributed by atoms with van der Waals surface area (Å²) in [6, 6.07) is 0. The summed E-state index contributed by atoms with van der Waals surface area (Å²) in [4.78, 5) is 0. The number of hydrogen-bond acceptors (Lipinski definition) is 1. The molecule has 1 heteroatoms. The van der Waals surface area contributed by atoms with Crippen molar-refractivity contribution in [2.45, 2.75) is 33.6 Å². The van der Waals surface area contributed by atoms with Gasteiger partial charge in [-0.2, -0.15) is 0 Å². The maximum absolute atomic E-state index is 3.48. The summed E-state index contributed by atoms with van der Waals surface area (Å²) in [5.41, 5.74) is 0. The molecule has 11 heavy (non-hydrogen) atoms. The molecule has 0 amide bonds. The van der Waals surface area contributed by atoms with Gasteiger partial charge in [0, 0.05) is 0 Å². The Morgan fingerprint density at radius 2 is 2.18 bits per heavy atom. The van der Waals surface area contributed by atoms with Gasteiger partial charge in [-0.15, -0.1) is 0 Å². The van der Waals surface area contributed by atoms with Gasteiger partial charge in [0.25, 0.3) is 0 Å². The van der Waals surface area contributed by atoms with Crippen molar-refractivity contribution in [2.24, 2.45) is 17.8 Å². The topological polar surface area (TPSA) is 12.0 Å². The maximum Gasteiger partial charge on any atom is -0.00177 e. The molecule has 1 aliphatic rings. The van der Waals surface area contributed by atoms with Crippen molar-refractivity contribution < 1.29 is 0 Å². The fraction of sp³-hybridized carbons (Fsp3) is 1.00. The molecule has 1 rings (SSSR count). The van der Waals surface area contributed by atoms with Crippen molar-refractivity contribution in [3.05, 3.63) is 0 Å². The van der Waals surface area contributed by atoms with E-state index in [0.29, 0.717) is 0 Å².